The van der Waals surface area contributed by atoms with Gasteiger partial charge in [-0.15, -0.1) is 0 Å². The molecule has 0 bridgehead atoms. The van der Waals surface area contributed by atoms with E-state index in [-0.39, 0.29) is 0 Å². The van der Waals surface area contributed by atoms with Crippen LogP contribution in [0.25, 0.3) is 11.1 Å². The Balaban J connectivity index is 2.46. The number of benzene rings is 1. The Kier molecular flexibility index (Phi) is 2.34. The summed E-state index contributed by atoms with van der Waals surface area (Å²) in [6.07, 6.45) is 2.88. The summed E-state index contributed by atoms with van der Waals surface area (Å²) in [4.78, 5) is 0. The molecule has 0 aliphatic carbocycles. The molecule has 0 aliphatic heterocycles. The Morgan fingerprint density at radius 2 is 1.80 bits per heavy atom. The predicted octanol–water partition coefficient (Wildman–Crippen LogP) is 1.86. The van der Waals surface area contributed by atoms with Crippen LogP contribution in [0.5, 0.6) is 0 Å². The van der Waals surface area contributed by atoms with Crippen LogP contribution in [0.1, 0.15) is 5.56 Å². The molecule has 1 aromatic heterocycles. The minimum Gasteiger partial charge on any atom is -0.619 e. The fourth-order valence-electron chi connectivity index (χ4n) is 1.37. The van der Waals surface area contributed by atoms with Gasteiger partial charge in [0.1, 0.15) is 0 Å². The molecule has 0 atom stereocenters. The van der Waals surface area contributed by atoms with E-state index in [4.69, 9.17) is 5.26 Å². The lowest BCUT2D eigenvalue weighted by molar-refractivity contribution is -0.605. The maximum atomic E-state index is 10.8. The highest BCUT2D eigenvalue weighted by atomic mass is 16.5. The molecule has 3 nitrogen and oxygen atoms in total. The highest BCUT2D eigenvalue weighted by Gasteiger charge is 1.99. The zero-order valence-electron chi connectivity index (χ0n) is 7.92. The summed E-state index contributed by atoms with van der Waals surface area (Å²) in [6, 6.07) is 12.8. The Labute approximate surface area is 87.4 Å². The first-order chi connectivity index (χ1) is 7.29. The van der Waals surface area contributed by atoms with Crippen LogP contribution in [0.4, 0.5) is 0 Å². The lowest BCUT2D eigenvalue weighted by Gasteiger charge is -2.01. The SMILES string of the molecule is N#Cc1cccc(-c2cc[n+]([O-])cc2)c1. The fourth-order valence-corrected chi connectivity index (χ4v) is 1.37. The summed E-state index contributed by atoms with van der Waals surface area (Å²) in [7, 11) is 0. The average Bonchev–Trinajstić information content (AvgIpc) is 2.30. The van der Waals surface area contributed by atoms with Crippen molar-refractivity contribution in [3.8, 4) is 17.2 Å². The number of pyridine rings is 1. The van der Waals surface area contributed by atoms with Gasteiger partial charge in [-0.1, -0.05) is 12.1 Å². The lowest BCUT2D eigenvalue weighted by atomic mass is 10.1. The second-order valence-electron chi connectivity index (χ2n) is 3.14. The number of aromatic nitrogens is 1. The Bertz CT molecular complexity index is 512. The van der Waals surface area contributed by atoms with Crippen LogP contribution in [0.3, 0.4) is 0 Å². The molecule has 0 unspecified atom stereocenters. The molecule has 3 heteroatoms. The van der Waals surface area contributed by atoms with Gasteiger partial charge < -0.3 is 5.21 Å². The standard InChI is InChI=1S/C12H8N2O/c13-9-10-2-1-3-12(8-10)11-4-6-14(15)7-5-11/h1-8H. The molecule has 2 aromatic rings. The van der Waals surface area contributed by atoms with E-state index in [9.17, 15) is 5.21 Å². The minimum absolute atomic E-state index is 0.617. The summed E-state index contributed by atoms with van der Waals surface area (Å²) in [5.74, 6) is 0. The van der Waals surface area contributed by atoms with Gasteiger partial charge in [-0.25, -0.2) is 0 Å². The first kappa shape index (κ1) is 9.22. The Morgan fingerprint density at radius 3 is 2.47 bits per heavy atom. The van der Waals surface area contributed by atoms with Crippen molar-refractivity contribution in [2.45, 2.75) is 0 Å². The number of rotatable bonds is 1. The molecular weight excluding hydrogens is 188 g/mol. The van der Waals surface area contributed by atoms with Gasteiger partial charge in [0, 0.05) is 12.1 Å². The molecule has 1 aromatic carbocycles. The van der Waals surface area contributed by atoms with Crippen LogP contribution in [0, 0.1) is 16.5 Å². The topological polar surface area (TPSA) is 50.7 Å². The first-order valence-electron chi connectivity index (χ1n) is 4.49. The van der Waals surface area contributed by atoms with Gasteiger partial charge in [0.25, 0.3) is 0 Å². The van der Waals surface area contributed by atoms with E-state index in [1.165, 1.54) is 12.4 Å². The molecule has 72 valence electrons. The van der Waals surface area contributed by atoms with Gasteiger partial charge >= 0.3 is 0 Å². The van der Waals surface area contributed by atoms with Crippen molar-refractivity contribution in [1.82, 2.24) is 0 Å². The molecule has 0 radical (unpaired) electrons. The maximum absolute atomic E-state index is 10.8. The van der Waals surface area contributed by atoms with E-state index in [1.807, 2.05) is 12.1 Å². The average molecular weight is 196 g/mol. The molecular formula is C12H8N2O. The fraction of sp³-hybridized carbons (Fsp3) is 0. The summed E-state index contributed by atoms with van der Waals surface area (Å²) in [5.41, 5.74) is 2.49. The molecule has 0 aliphatic rings. The van der Waals surface area contributed by atoms with Crippen molar-refractivity contribution in [2.75, 3.05) is 0 Å². The molecule has 0 saturated heterocycles. The molecule has 0 N–H and O–H groups in total. The third-order valence-corrected chi connectivity index (χ3v) is 2.13. The maximum Gasteiger partial charge on any atom is 0.180 e. The zero-order chi connectivity index (χ0) is 10.7. The van der Waals surface area contributed by atoms with Crippen LogP contribution in [-0.4, -0.2) is 0 Å². The van der Waals surface area contributed by atoms with E-state index in [1.54, 1.807) is 24.3 Å². The largest absolute Gasteiger partial charge is 0.619 e. The van der Waals surface area contributed by atoms with E-state index in [0.29, 0.717) is 5.56 Å². The van der Waals surface area contributed by atoms with Crippen molar-refractivity contribution in [2.24, 2.45) is 0 Å². The van der Waals surface area contributed by atoms with E-state index >= 15 is 0 Å². The number of hydrogen-bond acceptors (Lipinski definition) is 2. The van der Waals surface area contributed by atoms with Gasteiger partial charge in [0.15, 0.2) is 12.4 Å². The quantitative estimate of drug-likeness (QED) is 0.516. The molecule has 0 fully saturated rings. The Morgan fingerprint density at radius 1 is 1.07 bits per heavy atom. The van der Waals surface area contributed by atoms with Crippen LogP contribution < -0.4 is 4.73 Å². The second kappa shape index (κ2) is 3.81. The zero-order valence-corrected chi connectivity index (χ0v) is 7.92. The summed E-state index contributed by atoms with van der Waals surface area (Å²) >= 11 is 0. The third kappa shape index (κ3) is 1.94. The van der Waals surface area contributed by atoms with Crippen molar-refractivity contribution in [3.63, 3.8) is 0 Å². The molecule has 0 saturated carbocycles. The smallest absolute Gasteiger partial charge is 0.180 e. The van der Waals surface area contributed by atoms with Gasteiger partial charge in [-0.2, -0.15) is 9.99 Å². The predicted molar refractivity (Wildman–Crippen MR) is 55.6 cm³/mol. The number of nitrogens with zero attached hydrogens (tertiary/aromatic N) is 2. The summed E-state index contributed by atoms with van der Waals surface area (Å²) in [6.45, 7) is 0. The normalized spacial score (nSPS) is 9.53. The molecule has 0 amide bonds. The van der Waals surface area contributed by atoms with E-state index in [0.717, 1.165) is 15.9 Å². The van der Waals surface area contributed by atoms with Crippen LogP contribution in [0.15, 0.2) is 48.8 Å². The highest BCUT2D eigenvalue weighted by Crippen LogP contribution is 2.18. The van der Waals surface area contributed by atoms with Crippen molar-refractivity contribution < 1.29 is 4.73 Å². The van der Waals surface area contributed by atoms with Crippen LogP contribution in [0.2, 0.25) is 0 Å². The second-order valence-corrected chi connectivity index (χ2v) is 3.14. The van der Waals surface area contributed by atoms with Crippen molar-refractivity contribution in [1.29, 1.82) is 5.26 Å². The van der Waals surface area contributed by atoms with Crippen molar-refractivity contribution >= 4 is 0 Å². The Hall–Kier alpha value is -2.34. The first-order valence-corrected chi connectivity index (χ1v) is 4.49. The van der Waals surface area contributed by atoms with Gasteiger partial charge in [0.2, 0.25) is 0 Å². The summed E-state index contributed by atoms with van der Waals surface area (Å²) in [5, 5.41) is 19.6. The molecule has 0 spiro atoms. The number of hydrogen-bond donors (Lipinski definition) is 0. The van der Waals surface area contributed by atoms with Crippen molar-refractivity contribution in [3.05, 3.63) is 59.6 Å². The molecule has 15 heavy (non-hydrogen) atoms. The van der Waals surface area contributed by atoms with E-state index < -0.39 is 0 Å². The lowest BCUT2D eigenvalue weighted by Crippen LogP contribution is -2.23. The summed E-state index contributed by atoms with van der Waals surface area (Å²) < 4.78 is 0.734. The van der Waals surface area contributed by atoms with Gasteiger partial charge in [-0.3, -0.25) is 0 Å². The third-order valence-electron chi connectivity index (χ3n) is 2.13. The van der Waals surface area contributed by atoms with Crippen LogP contribution in [-0.2, 0) is 0 Å². The number of nitriles is 1. The van der Waals surface area contributed by atoms with Gasteiger partial charge in [0.05, 0.1) is 11.6 Å². The molecule has 1 heterocycles. The highest BCUT2D eigenvalue weighted by molar-refractivity contribution is 5.64. The van der Waals surface area contributed by atoms with E-state index in [2.05, 4.69) is 6.07 Å². The van der Waals surface area contributed by atoms with Gasteiger partial charge in [-0.05, 0) is 23.3 Å². The van der Waals surface area contributed by atoms with Crippen LogP contribution >= 0.6 is 0 Å². The minimum atomic E-state index is 0.617. The molecule has 2 rings (SSSR count). The monoisotopic (exact) mass is 196 g/mol.